The molecule has 0 radical (unpaired) electrons. The second kappa shape index (κ2) is 6.46. The lowest BCUT2D eigenvalue weighted by atomic mass is 9.80. The molecule has 3 heteroatoms. The van der Waals surface area contributed by atoms with Gasteiger partial charge in [-0.15, -0.1) is 0 Å². The molecular weight excluding hydrogens is 240 g/mol. The molecule has 0 amide bonds. The largest absolute Gasteiger partial charge is 0.347 e. The summed E-state index contributed by atoms with van der Waals surface area (Å²) >= 11 is 5.30. The van der Waals surface area contributed by atoms with Gasteiger partial charge in [-0.2, -0.15) is 0 Å². The molecule has 2 rings (SSSR count). The highest BCUT2D eigenvalue weighted by Gasteiger charge is 2.23. The van der Waals surface area contributed by atoms with Crippen LogP contribution in [0, 0.1) is 10.6 Å². The smallest absolute Gasteiger partial charge is 0.129 e. The molecule has 1 aromatic heterocycles. The van der Waals surface area contributed by atoms with E-state index >= 15 is 0 Å². The quantitative estimate of drug-likeness (QED) is 0.793. The van der Waals surface area contributed by atoms with Crippen LogP contribution in [0.3, 0.4) is 0 Å². The molecule has 0 bridgehead atoms. The minimum absolute atomic E-state index is 0.599. The van der Waals surface area contributed by atoms with Gasteiger partial charge >= 0.3 is 0 Å². The summed E-state index contributed by atoms with van der Waals surface area (Å²) in [6, 6.07) is 2.02. The first-order valence-corrected chi connectivity index (χ1v) is 7.73. The van der Waals surface area contributed by atoms with E-state index in [4.69, 9.17) is 12.2 Å². The molecule has 1 N–H and O–H groups in total. The Labute approximate surface area is 115 Å². The van der Waals surface area contributed by atoms with Gasteiger partial charge in [0.2, 0.25) is 0 Å². The van der Waals surface area contributed by atoms with Gasteiger partial charge in [0.25, 0.3) is 0 Å². The first kappa shape index (κ1) is 13.7. The van der Waals surface area contributed by atoms with Gasteiger partial charge in [0.05, 0.1) is 0 Å². The first-order valence-electron chi connectivity index (χ1n) is 7.33. The minimum Gasteiger partial charge on any atom is -0.347 e. The number of hydrogen-bond donors (Lipinski definition) is 1. The molecule has 2 atom stereocenters. The van der Waals surface area contributed by atoms with Crippen LogP contribution in [0.1, 0.15) is 69.8 Å². The van der Waals surface area contributed by atoms with Crippen LogP contribution in [0.5, 0.6) is 0 Å². The summed E-state index contributed by atoms with van der Waals surface area (Å²) < 4.78 is 0.755. The van der Waals surface area contributed by atoms with Crippen molar-refractivity contribution in [2.75, 3.05) is 0 Å². The standard InChI is InChI=1S/C15H24N2S/c1-3-6-13-10-14(18)17-15(16-13)12-8-5-7-11(4-2)9-12/h10-12H,3-9H2,1-2H3,(H,16,17,18). The van der Waals surface area contributed by atoms with Crippen molar-refractivity contribution >= 4 is 12.2 Å². The molecule has 18 heavy (non-hydrogen) atoms. The summed E-state index contributed by atoms with van der Waals surface area (Å²) in [6.07, 6.45) is 8.80. The normalized spacial score (nSPS) is 24.1. The minimum atomic E-state index is 0.599. The molecule has 1 aromatic rings. The van der Waals surface area contributed by atoms with Crippen molar-refractivity contribution in [3.05, 3.63) is 22.2 Å². The Morgan fingerprint density at radius 3 is 2.94 bits per heavy atom. The number of rotatable bonds is 4. The predicted octanol–water partition coefficient (Wildman–Crippen LogP) is 4.78. The highest BCUT2D eigenvalue weighted by Crippen LogP contribution is 2.36. The molecule has 1 saturated carbocycles. The fraction of sp³-hybridized carbons (Fsp3) is 0.733. The van der Waals surface area contributed by atoms with Gasteiger partial charge in [0.1, 0.15) is 10.5 Å². The first-order chi connectivity index (χ1) is 8.72. The summed E-state index contributed by atoms with van der Waals surface area (Å²) in [5, 5.41) is 0. The van der Waals surface area contributed by atoms with Crippen LogP contribution >= 0.6 is 12.2 Å². The van der Waals surface area contributed by atoms with Gasteiger partial charge < -0.3 is 4.98 Å². The van der Waals surface area contributed by atoms with Crippen molar-refractivity contribution in [3.8, 4) is 0 Å². The molecule has 2 nitrogen and oxygen atoms in total. The van der Waals surface area contributed by atoms with Crippen LogP contribution in [0.4, 0.5) is 0 Å². The van der Waals surface area contributed by atoms with E-state index in [0.29, 0.717) is 5.92 Å². The van der Waals surface area contributed by atoms with Crippen LogP contribution < -0.4 is 0 Å². The van der Waals surface area contributed by atoms with E-state index in [-0.39, 0.29) is 0 Å². The average molecular weight is 264 g/mol. The van der Waals surface area contributed by atoms with Crippen molar-refractivity contribution < 1.29 is 0 Å². The summed E-state index contributed by atoms with van der Waals surface area (Å²) in [7, 11) is 0. The number of aryl methyl sites for hydroxylation is 1. The molecule has 0 aliphatic heterocycles. The average Bonchev–Trinajstić information content (AvgIpc) is 2.38. The highest BCUT2D eigenvalue weighted by atomic mass is 32.1. The Hall–Kier alpha value is -0.700. The second-order valence-corrected chi connectivity index (χ2v) is 5.94. The number of aromatic nitrogens is 2. The van der Waals surface area contributed by atoms with E-state index in [2.05, 4.69) is 23.8 Å². The van der Waals surface area contributed by atoms with Crippen LogP contribution in [-0.2, 0) is 6.42 Å². The molecular formula is C15H24N2S. The van der Waals surface area contributed by atoms with Crippen molar-refractivity contribution in [1.82, 2.24) is 9.97 Å². The Morgan fingerprint density at radius 1 is 1.39 bits per heavy atom. The van der Waals surface area contributed by atoms with Gasteiger partial charge in [-0.05, 0) is 31.2 Å². The number of H-pyrrole nitrogens is 1. The molecule has 0 spiro atoms. The fourth-order valence-corrected chi connectivity index (χ4v) is 3.28. The summed E-state index contributed by atoms with van der Waals surface area (Å²) in [5.74, 6) is 2.62. The molecule has 1 heterocycles. The van der Waals surface area contributed by atoms with Crippen LogP contribution in [-0.4, -0.2) is 9.97 Å². The van der Waals surface area contributed by atoms with Crippen LogP contribution in [0.2, 0.25) is 0 Å². The maximum atomic E-state index is 5.30. The van der Waals surface area contributed by atoms with E-state index in [9.17, 15) is 0 Å². The van der Waals surface area contributed by atoms with Gasteiger partial charge in [0.15, 0.2) is 0 Å². The van der Waals surface area contributed by atoms with Gasteiger partial charge in [0, 0.05) is 11.6 Å². The van der Waals surface area contributed by atoms with Crippen molar-refractivity contribution in [3.63, 3.8) is 0 Å². The van der Waals surface area contributed by atoms with Crippen LogP contribution in [0.15, 0.2) is 6.07 Å². The van der Waals surface area contributed by atoms with Gasteiger partial charge in [-0.1, -0.05) is 51.7 Å². The lowest BCUT2D eigenvalue weighted by molar-refractivity contribution is 0.306. The number of hydrogen-bond acceptors (Lipinski definition) is 2. The zero-order valence-corrected chi connectivity index (χ0v) is 12.4. The van der Waals surface area contributed by atoms with Gasteiger partial charge in [-0.3, -0.25) is 0 Å². The molecule has 1 aliphatic carbocycles. The topological polar surface area (TPSA) is 28.7 Å². The molecule has 100 valence electrons. The Morgan fingerprint density at radius 2 is 2.22 bits per heavy atom. The predicted molar refractivity (Wildman–Crippen MR) is 78.4 cm³/mol. The van der Waals surface area contributed by atoms with Crippen molar-refractivity contribution in [1.29, 1.82) is 0 Å². The van der Waals surface area contributed by atoms with E-state index in [0.717, 1.165) is 29.2 Å². The van der Waals surface area contributed by atoms with E-state index < -0.39 is 0 Å². The van der Waals surface area contributed by atoms with Crippen LogP contribution in [0.25, 0.3) is 0 Å². The Bertz CT molecular complexity index is 438. The zero-order chi connectivity index (χ0) is 13.0. The van der Waals surface area contributed by atoms with E-state index in [1.807, 2.05) is 6.07 Å². The number of nitrogens with zero attached hydrogens (tertiary/aromatic N) is 1. The van der Waals surface area contributed by atoms with E-state index in [1.165, 1.54) is 37.8 Å². The lowest BCUT2D eigenvalue weighted by Gasteiger charge is -2.28. The summed E-state index contributed by atoms with van der Waals surface area (Å²) in [5.41, 5.74) is 1.26. The zero-order valence-electron chi connectivity index (χ0n) is 11.5. The van der Waals surface area contributed by atoms with E-state index in [1.54, 1.807) is 0 Å². The second-order valence-electron chi connectivity index (χ2n) is 5.52. The molecule has 0 aromatic carbocycles. The fourth-order valence-electron chi connectivity index (χ4n) is 3.04. The molecule has 0 saturated heterocycles. The maximum Gasteiger partial charge on any atom is 0.129 e. The van der Waals surface area contributed by atoms with Crippen molar-refractivity contribution in [2.24, 2.45) is 5.92 Å². The van der Waals surface area contributed by atoms with Gasteiger partial charge in [-0.25, -0.2) is 4.98 Å². The highest BCUT2D eigenvalue weighted by molar-refractivity contribution is 7.71. The SMILES string of the molecule is CCCc1cc(=S)nc(C2CCCC(CC)C2)[nH]1. The summed E-state index contributed by atoms with van der Waals surface area (Å²) in [4.78, 5) is 8.09. The molecule has 1 fully saturated rings. The Balaban J connectivity index is 2.18. The molecule has 2 unspecified atom stereocenters. The summed E-state index contributed by atoms with van der Waals surface area (Å²) in [6.45, 7) is 4.50. The Kier molecular flexibility index (Phi) is 4.93. The number of nitrogens with one attached hydrogen (secondary N) is 1. The number of aromatic amines is 1. The third-order valence-corrected chi connectivity index (χ3v) is 4.29. The van der Waals surface area contributed by atoms with Crippen molar-refractivity contribution in [2.45, 2.75) is 64.7 Å². The maximum absolute atomic E-state index is 5.30. The monoisotopic (exact) mass is 264 g/mol. The lowest BCUT2D eigenvalue weighted by Crippen LogP contribution is -2.16. The molecule has 1 aliphatic rings. The third-order valence-electron chi connectivity index (χ3n) is 4.08. The third kappa shape index (κ3) is 3.41.